The van der Waals surface area contributed by atoms with Crippen LogP contribution in [0.15, 0.2) is 12.4 Å². The monoisotopic (exact) mass is 279 g/mol. The number of aliphatic hydroxyl groups is 1. The molecule has 0 aromatic carbocycles. The summed E-state index contributed by atoms with van der Waals surface area (Å²) in [6.45, 7) is 5.62. The lowest BCUT2D eigenvalue weighted by Crippen LogP contribution is -2.48. The van der Waals surface area contributed by atoms with Gasteiger partial charge in [-0.2, -0.15) is 0 Å². The van der Waals surface area contributed by atoms with Crippen LogP contribution in [0.25, 0.3) is 0 Å². The molecule has 2 N–H and O–H groups in total. The van der Waals surface area contributed by atoms with Gasteiger partial charge < -0.3 is 20.2 Å². The van der Waals surface area contributed by atoms with E-state index in [1.807, 2.05) is 4.90 Å². The van der Waals surface area contributed by atoms with Gasteiger partial charge in [0.1, 0.15) is 18.0 Å². The topological polar surface area (TPSA) is 81.6 Å². The molecule has 1 aliphatic rings. The molecule has 1 aliphatic heterocycles. The van der Waals surface area contributed by atoms with Crippen LogP contribution >= 0.6 is 0 Å². The highest BCUT2D eigenvalue weighted by molar-refractivity contribution is 5.82. The summed E-state index contributed by atoms with van der Waals surface area (Å²) in [5, 5.41) is 12.8. The van der Waals surface area contributed by atoms with Crippen LogP contribution in [0, 0.1) is 0 Å². The van der Waals surface area contributed by atoms with Crippen molar-refractivity contribution in [2.24, 2.45) is 0 Å². The second-order valence-corrected chi connectivity index (χ2v) is 5.66. The first-order valence-corrected chi connectivity index (χ1v) is 6.62. The highest BCUT2D eigenvalue weighted by atomic mass is 16.3. The molecule has 2 heterocycles. The molecule has 20 heavy (non-hydrogen) atoms. The summed E-state index contributed by atoms with van der Waals surface area (Å²) >= 11 is 0. The Balaban J connectivity index is 2.04. The number of hydrogen-bond donors (Lipinski definition) is 2. The highest BCUT2D eigenvalue weighted by Gasteiger charge is 2.22. The van der Waals surface area contributed by atoms with Crippen molar-refractivity contribution in [2.45, 2.75) is 19.4 Å². The molecule has 7 heteroatoms. The molecule has 2 rings (SSSR count). The first-order chi connectivity index (χ1) is 9.35. The maximum Gasteiger partial charge on any atom is 0.241 e. The first kappa shape index (κ1) is 14.5. The smallest absolute Gasteiger partial charge is 0.241 e. The van der Waals surface area contributed by atoms with E-state index in [0.717, 1.165) is 12.4 Å². The number of anilines is 2. The van der Waals surface area contributed by atoms with Gasteiger partial charge in [-0.25, -0.2) is 9.97 Å². The van der Waals surface area contributed by atoms with Crippen LogP contribution in [0.1, 0.15) is 13.8 Å². The van der Waals surface area contributed by atoms with Crippen LogP contribution < -0.4 is 10.2 Å². The van der Waals surface area contributed by atoms with E-state index in [0.29, 0.717) is 25.5 Å². The van der Waals surface area contributed by atoms with E-state index in [-0.39, 0.29) is 5.91 Å². The van der Waals surface area contributed by atoms with Crippen molar-refractivity contribution in [3.8, 4) is 0 Å². The maximum absolute atomic E-state index is 11.7. The Morgan fingerprint density at radius 2 is 2.15 bits per heavy atom. The number of carbonyl (C=O) groups is 1. The normalized spacial score (nSPS) is 16.5. The van der Waals surface area contributed by atoms with E-state index >= 15 is 0 Å². The van der Waals surface area contributed by atoms with Crippen molar-refractivity contribution < 1.29 is 9.90 Å². The minimum Gasteiger partial charge on any atom is -0.389 e. The van der Waals surface area contributed by atoms with Gasteiger partial charge in [0.25, 0.3) is 0 Å². The fourth-order valence-corrected chi connectivity index (χ4v) is 1.88. The summed E-state index contributed by atoms with van der Waals surface area (Å²) in [6.07, 6.45) is 1.46. The van der Waals surface area contributed by atoms with Crippen molar-refractivity contribution in [1.82, 2.24) is 14.9 Å². The van der Waals surface area contributed by atoms with Crippen molar-refractivity contribution in [3.63, 3.8) is 0 Å². The fourth-order valence-electron chi connectivity index (χ4n) is 1.88. The lowest BCUT2D eigenvalue weighted by atomic mass is 10.1. The quantitative estimate of drug-likeness (QED) is 0.803. The van der Waals surface area contributed by atoms with Crippen LogP contribution in [0.3, 0.4) is 0 Å². The van der Waals surface area contributed by atoms with Gasteiger partial charge >= 0.3 is 0 Å². The maximum atomic E-state index is 11.7. The Kier molecular flexibility index (Phi) is 4.08. The number of likely N-dealkylation sites (N-methyl/N-ethyl adjacent to an activating group) is 1. The average Bonchev–Trinajstić information content (AvgIpc) is 2.39. The van der Waals surface area contributed by atoms with E-state index < -0.39 is 5.60 Å². The van der Waals surface area contributed by atoms with Crippen LogP contribution in [0.4, 0.5) is 11.6 Å². The molecular weight excluding hydrogens is 258 g/mol. The molecule has 1 saturated heterocycles. The Morgan fingerprint density at radius 3 is 2.80 bits per heavy atom. The van der Waals surface area contributed by atoms with Gasteiger partial charge in [0, 0.05) is 32.7 Å². The number of nitrogens with zero attached hydrogens (tertiary/aromatic N) is 4. The molecule has 110 valence electrons. The molecule has 0 unspecified atom stereocenters. The van der Waals surface area contributed by atoms with Crippen LogP contribution in [0.2, 0.25) is 0 Å². The average molecular weight is 279 g/mol. The molecule has 1 amide bonds. The standard InChI is InChI=1S/C13H21N5O2/c1-13(2,20)8-14-10-6-11(16-9-15-10)18-5-4-17(3)12(19)7-18/h6,9,20H,4-5,7-8H2,1-3H3,(H,14,15,16). The van der Waals surface area contributed by atoms with Gasteiger partial charge in [0.05, 0.1) is 12.1 Å². The lowest BCUT2D eigenvalue weighted by Gasteiger charge is -2.32. The van der Waals surface area contributed by atoms with Crippen LogP contribution in [-0.4, -0.2) is 64.7 Å². The highest BCUT2D eigenvalue weighted by Crippen LogP contribution is 2.16. The number of nitrogens with one attached hydrogen (secondary N) is 1. The van der Waals surface area contributed by atoms with Crippen molar-refractivity contribution in [1.29, 1.82) is 0 Å². The third-order valence-corrected chi connectivity index (χ3v) is 3.14. The molecule has 0 spiro atoms. The van der Waals surface area contributed by atoms with E-state index in [1.54, 1.807) is 31.9 Å². The van der Waals surface area contributed by atoms with E-state index in [1.165, 1.54) is 6.33 Å². The van der Waals surface area contributed by atoms with Gasteiger partial charge in [-0.1, -0.05) is 0 Å². The van der Waals surface area contributed by atoms with Crippen LogP contribution in [-0.2, 0) is 4.79 Å². The number of aromatic nitrogens is 2. The summed E-state index contributed by atoms with van der Waals surface area (Å²) in [7, 11) is 1.80. The zero-order valence-electron chi connectivity index (χ0n) is 12.1. The van der Waals surface area contributed by atoms with Gasteiger partial charge in [0.2, 0.25) is 5.91 Å². The second kappa shape index (κ2) is 5.62. The Morgan fingerprint density at radius 1 is 1.40 bits per heavy atom. The van der Waals surface area contributed by atoms with Crippen molar-refractivity contribution >= 4 is 17.5 Å². The number of carbonyl (C=O) groups excluding carboxylic acids is 1. The summed E-state index contributed by atoms with van der Waals surface area (Å²) in [6, 6.07) is 1.80. The molecule has 0 radical (unpaired) electrons. The molecule has 0 atom stereocenters. The molecular formula is C13H21N5O2. The molecule has 0 aliphatic carbocycles. The van der Waals surface area contributed by atoms with E-state index in [9.17, 15) is 9.90 Å². The molecule has 1 fully saturated rings. The van der Waals surface area contributed by atoms with Crippen molar-refractivity contribution in [2.75, 3.05) is 43.4 Å². The number of amides is 1. The van der Waals surface area contributed by atoms with Crippen LogP contribution in [0.5, 0.6) is 0 Å². The largest absolute Gasteiger partial charge is 0.389 e. The molecule has 0 saturated carbocycles. The molecule has 7 nitrogen and oxygen atoms in total. The Labute approximate surface area is 118 Å². The van der Waals surface area contributed by atoms with Gasteiger partial charge in [-0.05, 0) is 13.8 Å². The Bertz CT molecular complexity index is 486. The van der Waals surface area contributed by atoms with Gasteiger partial charge in [-0.15, -0.1) is 0 Å². The fraction of sp³-hybridized carbons (Fsp3) is 0.615. The minimum absolute atomic E-state index is 0.0841. The molecule has 0 bridgehead atoms. The van der Waals surface area contributed by atoms with Crippen molar-refractivity contribution in [3.05, 3.63) is 12.4 Å². The summed E-state index contributed by atoms with van der Waals surface area (Å²) in [5.41, 5.74) is -0.811. The second-order valence-electron chi connectivity index (χ2n) is 5.66. The van der Waals surface area contributed by atoms with Gasteiger partial charge in [-0.3, -0.25) is 4.79 Å². The zero-order valence-corrected chi connectivity index (χ0v) is 12.1. The third kappa shape index (κ3) is 3.80. The minimum atomic E-state index is -0.811. The molecule has 1 aromatic rings. The number of rotatable bonds is 4. The first-order valence-electron chi connectivity index (χ1n) is 6.62. The third-order valence-electron chi connectivity index (χ3n) is 3.14. The van der Waals surface area contributed by atoms with Gasteiger partial charge in [0.15, 0.2) is 0 Å². The predicted molar refractivity (Wildman–Crippen MR) is 76.7 cm³/mol. The summed E-state index contributed by atoms with van der Waals surface area (Å²) in [4.78, 5) is 23.7. The zero-order chi connectivity index (χ0) is 14.8. The summed E-state index contributed by atoms with van der Waals surface area (Å²) in [5.74, 6) is 1.45. The number of hydrogen-bond acceptors (Lipinski definition) is 6. The lowest BCUT2D eigenvalue weighted by molar-refractivity contribution is -0.129. The SMILES string of the molecule is CN1CCN(c2cc(NCC(C)(C)O)ncn2)CC1=O. The van der Waals surface area contributed by atoms with E-state index in [4.69, 9.17) is 0 Å². The number of piperazine rings is 1. The van der Waals surface area contributed by atoms with E-state index in [2.05, 4.69) is 15.3 Å². The summed E-state index contributed by atoms with van der Waals surface area (Å²) < 4.78 is 0. The predicted octanol–water partition coefficient (Wildman–Crippen LogP) is -0.0622. The molecule has 1 aromatic heterocycles. The Hall–Kier alpha value is -1.89.